The Kier molecular flexibility index (Phi) is 3.33. The van der Waals surface area contributed by atoms with E-state index in [0.717, 1.165) is 24.1 Å². The number of nitrogens with one attached hydrogen (secondary N) is 1. The van der Waals surface area contributed by atoms with Crippen molar-refractivity contribution in [1.82, 2.24) is 5.32 Å². The lowest BCUT2D eigenvalue weighted by atomic mass is 10.0. The minimum atomic E-state index is -3.12. The summed E-state index contributed by atoms with van der Waals surface area (Å²) in [6.07, 6.45) is -4.78. The first-order chi connectivity index (χ1) is 7.66. The van der Waals surface area contributed by atoms with Gasteiger partial charge in [-0.05, 0) is 36.2 Å². The maximum absolute atomic E-state index is 12.7. The summed E-state index contributed by atoms with van der Waals surface area (Å²) in [4.78, 5) is 0. The van der Waals surface area contributed by atoms with E-state index in [1.165, 1.54) is 6.07 Å². The number of halogens is 3. The first kappa shape index (κ1) is 11.3. The van der Waals surface area contributed by atoms with Crippen LogP contribution in [-0.4, -0.2) is 19.3 Å². The van der Waals surface area contributed by atoms with Gasteiger partial charge in [-0.25, -0.2) is 8.78 Å². The molecule has 1 aliphatic rings. The summed E-state index contributed by atoms with van der Waals surface area (Å²) in [5.41, 5.74) is 2.13. The van der Waals surface area contributed by atoms with Gasteiger partial charge in [0.2, 0.25) is 0 Å². The minimum Gasteiger partial charge on any atom is -0.454 e. The van der Waals surface area contributed by atoms with Crippen LogP contribution in [0.25, 0.3) is 0 Å². The molecule has 88 valence electrons. The Hall–Kier alpha value is -1.23. The zero-order valence-electron chi connectivity index (χ0n) is 8.55. The van der Waals surface area contributed by atoms with E-state index in [0.29, 0.717) is 6.54 Å². The van der Waals surface area contributed by atoms with Gasteiger partial charge in [0.15, 0.2) is 0 Å². The van der Waals surface area contributed by atoms with Crippen LogP contribution in [0.2, 0.25) is 0 Å². The molecule has 1 N–H and O–H groups in total. The molecule has 2 nitrogen and oxygen atoms in total. The maximum Gasteiger partial charge on any atom is 0.304 e. The molecule has 1 aromatic carbocycles. The molecule has 16 heavy (non-hydrogen) atoms. The van der Waals surface area contributed by atoms with Gasteiger partial charge in [0.25, 0.3) is 6.36 Å². The number of benzene rings is 1. The number of rotatable bonds is 3. The molecular weight excluding hydrogens is 219 g/mol. The van der Waals surface area contributed by atoms with E-state index in [1.54, 1.807) is 12.1 Å². The number of hydrogen-bond donors (Lipinski definition) is 1. The van der Waals surface area contributed by atoms with Crippen LogP contribution >= 0.6 is 0 Å². The fourth-order valence-electron chi connectivity index (χ4n) is 1.71. The molecule has 0 fully saturated rings. The van der Waals surface area contributed by atoms with Crippen LogP contribution in [0.4, 0.5) is 13.2 Å². The Balaban J connectivity index is 2.11. The molecule has 0 bridgehead atoms. The topological polar surface area (TPSA) is 21.3 Å². The molecule has 0 spiro atoms. The molecule has 5 heteroatoms. The van der Waals surface area contributed by atoms with Crippen LogP contribution in [0.5, 0.6) is 5.75 Å². The van der Waals surface area contributed by atoms with Gasteiger partial charge < -0.3 is 10.1 Å². The number of fused-ring (bicyclic) bond motifs is 1. The van der Waals surface area contributed by atoms with E-state index in [-0.39, 0.29) is 5.75 Å². The molecule has 0 amide bonds. The van der Waals surface area contributed by atoms with E-state index >= 15 is 0 Å². The van der Waals surface area contributed by atoms with Crippen LogP contribution in [0, 0.1) is 0 Å². The third-order valence-electron chi connectivity index (χ3n) is 2.51. The van der Waals surface area contributed by atoms with Crippen LogP contribution < -0.4 is 10.1 Å². The summed E-state index contributed by atoms with van der Waals surface area (Å²) >= 11 is 0. The van der Waals surface area contributed by atoms with E-state index in [4.69, 9.17) is 0 Å². The predicted molar refractivity (Wildman–Crippen MR) is 53.4 cm³/mol. The van der Waals surface area contributed by atoms with Crippen LogP contribution in [0.1, 0.15) is 11.1 Å². The summed E-state index contributed by atoms with van der Waals surface area (Å²) in [6.45, 7) is 1.56. The summed E-state index contributed by atoms with van der Waals surface area (Å²) in [6, 6.07) is 4.93. The molecular formula is C11H12F3NO. The summed E-state index contributed by atoms with van der Waals surface area (Å²) in [7, 11) is 0. The smallest absolute Gasteiger partial charge is 0.304 e. The molecule has 1 unspecified atom stereocenters. The molecule has 1 heterocycles. The van der Waals surface area contributed by atoms with Crippen molar-refractivity contribution >= 4 is 0 Å². The van der Waals surface area contributed by atoms with Crippen molar-refractivity contribution in [3.8, 4) is 5.75 Å². The second-order valence-corrected chi connectivity index (χ2v) is 3.66. The lowest BCUT2D eigenvalue weighted by Crippen LogP contribution is -2.24. The zero-order chi connectivity index (χ0) is 11.5. The number of alkyl halides is 3. The van der Waals surface area contributed by atoms with Gasteiger partial charge in [0, 0.05) is 6.54 Å². The van der Waals surface area contributed by atoms with Crippen molar-refractivity contribution < 1.29 is 17.9 Å². The Bertz CT molecular complexity index is 370. The molecule has 2 rings (SSSR count). The number of ether oxygens (including phenoxy) is 1. The average molecular weight is 231 g/mol. The Morgan fingerprint density at radius 3 is 2.75 bits per heavy atom. The summed E-state index contributed by atoms with van der Waals surface area (Å²) in [5.74, 6) is 0.148. The van der Waals surface area contributed by atoms with Gasteiger partial charge >= 0.3 is 6.43 Å². The molecule has 0 aliphatic carbocycles. The highest BCUT2D eigenvalue weighted by atomic mass is 19.3. The lowest BCUT2D eigenvalue weighted by Gasteiger charge is -2.18. The Morgan fingerprint density at radius 2 is 2.00 bits per heavy atom. The molecule has 0 saturated carbocycles. The molecule has 1 aliphatic heterocycles. The number of hydrogen-bond acceptors (Lipinski definition) is 2. The molecule has 1 aromatic rings. The second kappa shape index (κ2) is 4.74. The van der Waals surface area contributed by atoms with Gasteiger partial charge in [-0.15, -0.1) is 0 Å². The Labute approximate surface area is 91.4 Å². The van der Waals surface area contributed by atoms with E-state index < -0.39 is 12.8 Å². The fraction of sp³-hybridized carbons (Fsp3) is 0.455. The van der Waals surface area contributed by atoms with Crippen LogP contribution in [0.3, 0.4) is 0 Å². The van der Waals surface area contributed by atoms with Crippen molar-refractivity contribution in [3.63, 3.8) is 0 Å². The molecule has 0 saturated heterocycles. The maximum atomic E-state index is 12.7. The highest BCUT2D eigenvalue weighted by Crippen LogP contribution is 2.22. The molecule has 1 atom stereocenters. The first-order valence-electron chi connectivity index (χ1n) is 5.08. The first-order valence-corrected chi connectivity index (χ1v) is 5.08. The lowest BCUT2D eigenvalue weighted by molar-refractivity contribution is -0.0669. The third kappa shape index (κ3) is 2.47. The van der Waals surface area contributed by atoms with Crippen LogP contribution in [0.15, 0.2) is 18.2 Å². The predicted octanol–water partition coefficient (Wildman–Crippen LogP) is 2.27. The SMILES string of the molecule is FC(F)C(F)Oc1ccc2c(c1)CNCC2. The van der Waals surface area contributed by atoms with Crippen molar-refractivity contribution in [2.24, 2.45) is 0 Å². The van der Waals surface area contributed by atoms with Crippen molar-refractivity contribution in [1.29, 1.82) is 0 Å². The Morgan fingerprint density at radius 1 is 1.19 bits per heavy atom. The van der Waals surface area contributed by atoms with Crippen molar-refractivity contribution in [2.75, 3.05) is 6.54 Å². The van der Waals surface area contributed by atoms with Gasteiger partial charge in [0.1, 0.15) is 5.75 Å². The zero-order valence-corrected chi connectivity index (χ0v) is 8.55. The third-order valence-corrected chi connectivity index (χ3v) is 2.51. The molecule has 0 aromatic heterocycles. The minimum absolute atomic E-state index is 0.148. The highest BCUT2D eigenvalue weighted by molar-refractivity contribution is 5.37. The van der Waals surface area contributed by atoms with Crippen molar-refractivity contribution in [3.05, 3.63) is 29.3 Å². The average Bonchev–Trinajstić information content (AvgIpc) is 2.28. The van der Waals surface area contributed by atoms with Crippen molar-refractivity contribution in [2.45, 2.75) is 25.7 Å². The fourth-order valence-corrected chi connectivity index (χ4v) is 1.71. The van der Waals surface area contributed by atoms with Gasteiger partial charge in [0.05, 0.1) is 0 Å². The summed E-state index contributed by atoms with van der Waals surface area (Å²) < 4.78 is 41.0. The standard InChI is InChI=1S/C11H12F3NO/c12-10(13)11(14)16-9-2-1-7-3-4-15-6-8(7)5-9/h1-2,5,10-11,15H,3-4,6H2. The van der Waals surface area contributed by atoms with Gasteiger partial charge in [-0.2, -0.15) is 4.39 Å². The van der Waals surface area contributed by atoms with E-state index in [1.807, 2.05) is 0 Å². The normalized spacial score (nSPS) is 17.0. The highest BCUT2D eigenvalue weighted by Gasteiger charge is 2.21. The van der Waals surface area contributed by atoms with Gasteiger partial charge in [-0.3, -0.25) is 0 Å². The van der Waals surface area contributed by atoms with Crippen LogP contribution in [-0.2, 0) is 13.0 Å². The van der Waals surface area contributed by atoms with E-state index in [2.05, 4.69) is 10.1 Å². The second-order valence-electron chi connectivity index (χ2n) is 3.66. The monoisotopic (exact) mass is 231 g/mol. The van der Waals surface area contributed by atoms with Gasteiger partial charge in [-0.1, -0.05) is 6.07 Å². The largest absolute Gasteiger partial charge is 0.454 e. The quantitative estimate of drug-likeness (QED) is 0.861. The van der Waals surface area contributed by atoms with E-state index in [9.17, 15) is 13.2 Å². The molecule has 0 radical (unpaired) electrons. The summed E-state index contributed by atoms with van der Waals surface area (Å²) in [5, 5.41) is 3.15.